The summed E-state index contributed by atoms with van der Waals surface area (Å²) in [5.41, 5.74) is 0.954. The molecule has 2 aromatic carbocycles. The SMILES string of the molecule is COC1(OC)C[C@@H]2C(=O)N(Cc3ccccc3)[C@@H]1C=C2S(=O)(=O)c1ccccc1. The predicted molar refractivity (Wildman–Crippen MR) is 107 cm³/mol. The van der Waals surface area contributed by atoms with Gasteiger partial charge in [0.15, 0.2) is 5.79 Å². The van der Waals surface area contributed by atoms with Gasteiger partial charge in [0.05, 0.1) is 15.7 Å². The number of hydrogen-bond acceptors (Lipinski definition) is 5. The van der Waals surface area contributed by atoms with Gasteiger partial charge in [0.25, 0.3) is 0 Å². The molecule has 5 rings (SSSR count). The molecule has 0 N–H and O–H groups in total. The number of carbonyl (C=O) groups is 1. The molecule has 0 unspecified atom stereocenters. The highest BCUT2D eigenvalue weighted by molar-refractivity contribution is 7.95. The van der Waals surface area contributed by atoms with Crippen LogP contribution in [0.5, 0.6) is 0 Å². The Hall–Kier alpha value is -2.48. The number of rotatable bonds is 6. The number of benzene rings is 2. The van der Waals surface area contributed by atoms with Crippen LogP contribution in [0.15, 0.2) is 76.5 Å². The van der Waals surface area contributed by atoms with Gasteiger partial charge in [-0.05, 0) is 23.8 Å². The van der Waals surface area contributed by atoms with Gasteiger partial charge >= 0.3 is 0 Å². The Bertz CT molecular complexity index is 1030. The molecule has 7 heteroatoms. The van der Waals surface area contributed by atoms with Gasteiger partial charge in [-0.15, -0.1) is 0 Å². The van der Waals surface area contributed by atoms with E-state index in [4.69, 9.17) is 9.47 Å². The zero-order valence-corrected chi connectivity index (χ0v) is 17.1. The van der Waals surface area contributed by atoms with Crippen LogP contribution in [0.2, 0.25) is 0 Å². The van der Waals surface area contributed by atoms with Crippen LogP contribution in [-0.4, -0.2) is 45.3 Å². The number of sulfone groups is 1. The molecule has 3 aliphatic rings. The summed E-state index contributed by atoms with van der Waals surface area (Å²) in [5, 5.41) is 0. The van der Waals surface area contributed by atoms with Crippen molar-refractivity contribution in [1.29, 1.82) is 0 Å². The Morgan fingerprint density at radius 1 is 1.00 bits per heavy atom. The Morgan fingerprint density at radius 2 is 1.59 bits per heavy atom. The van der Waals surface area contributed by atoms with Crippen molar-refractivity contribution < 1.29 is 22.7 Å². The van der Waals surface area contributed by atoms with E-state index in [0.717, 1.165) is 5.56 Å². The standard InChI is InChI=1S/C22H23NO5S/c1-27-22(28-2)14-18-19(29(25,26)17-11-7-4-8-12-17)13-20(22)23(21(18)24)15-16-9-5-3-6-10-16/h3-13,18,20H,14-15H2,1-2H3/t18-,20+/m0/s1. The second kappa shape index (κ2) is 7.40. The highest BCUT2D eigenvalue weighted by Gasteiger charge is 2.58. The maximum Gasteiger partial charge on any atom is 0.232 e. The lowest BCUT2D eigenvalue weighted by Gasteiger charge is -2.52. The average molecular weight is 413 g/mol. The Morgan fingerprint density at radius 3 is 2.17 bits per heavy atom. The normalized spacial score (nSPS) is 23.2. The van der Waals surface area contributed by atoms with E-state index < -0.39 is 27.6 Å². The summed E-state index contributed by atoms with van der Waals surface area (Å²) in [4.78, 5) is 15.3. The molecule has 2 aliphatic heterocycles. The van der Waals surface area contributed by atoms with Crippen LogP contribution in [0.3, 0.4) is 0 Å². The van der Waals surface area contributed by atoms with Gasteiger partial charge in [-0.1, -0.05) is 48.5 Å². The van der Waals surface area contributed by atoms with E-state index >= 15 is 0 Å². The molecule has 2 bridgehead atoms. The minimum atomic E-state index is -3.79. The molecule has 2 aromatic rings. The molecule has 1 saturated heterocycles. The van der Waals surface area contributed by atoms with Crippen LogP contribution >= 0.6 is 0 Å². The predicted octanol–water partition coefficient (Wildman–Crippen LogP) is 2.76. The maximum atomic E-state index is 13.3. The van der Waals surface area contributed by atoms with Crippen molar-refractivity contribution in [3.05, 3.63) is 77.2 Å². The van der Waals surface area contributed by atoms with Crippen molar-refractivity contribution >= 4 is 15.7 Å². The molecule has 2 heterocycles. The Balaban J connectivity index is 1.80. The third-order valence-electron chi connectivity index (χ3n) is 5.77. The van der Waals surface area contributed by atoms with Gasteiger partial charge < -0.3 is 14.4 Å². The van der Waals surface area contributed by atoms with Gasteiger partial charge in [-0.25, -0.2) is 8.42 Å². The lowest BCUT2D eigenvalue weighted by molar-refractivity contribution is -0.258. The summed E-state index contributed by atoms with van der Waals surface area (Å²) < 4.78 is 37.9. The number of piperidine rings is 1. The van der Waals surface area contributed by atoms with Crippen molar-refractivity contribution in [3.63, 3.8) is 0 Å². The monoisotopic (exact) mass is 413 g/mol. The first-order chi connectivity index (χ1) is 13.9. The van der Waals surface area contributed by atoms with Crippen LogP contribution in [0, 0.1) is 5.92 Å². The molecule has 152 valence electrons. The van der Waals surface area contributed by atoms with Crippen molar-refractivity contribution in [2.45, 2.75) is 29.7 Å². The summed E-state index contributed by atoms with van der Waals surface area (Å²) in [6.07, 6.45) is 1.79. The number of amides is 1. The van der Waals surface area contributed by atoms with Crippen molar-refractivity contribution in [2.75, 3.05) is 14.2 Å². The number of hydrogen-bond donors (Lipinski definition) is 0. The van der Waals surface area contributed by atoms with Crippen LogP contribution in [0.1, 0.15) is 12.0 Å². The minimum absolute atomic E-state index is 0.132. The fourth-order valence-electron chi connectivity index (χ4n) is 4.24. The van der Waals surface area contributed by atoms with Gasteiger partial charge in [0.2, 0.25) is 15.7 Å². The lowest BCUT2D eigenvalue weighted by atomic mass is 9.79. The lowest BCUT2D eigenvalue weighted by Crippen LogP contribution is -2.65. The highest BCUT2D eigenvalue weighted by atomic mass is 32.2. The van der Waals surface area contributed by atoms with Crippen molar-refractivity contribution in [3.8, 4) is 0 Å². The van der Waals surface area contributed by atoms with E-state index in [1.807, 2.05) is 30.3 Å². The largest absolute Gasteiger partial charge is 0.351 e. The molecule has 1 aliphatic carbocycles. The second-order valence-corrected chi connectivity index (χ2v) is 9.21. The molecule has 0 radical (unpaired) electrons. The Kier molecular flexibility index (Phi) is 5.06. The topological polar surface area (TPSA) is 72.9 Å². The van der Waals surface area contributed by atoms with E-state index in [9.17, 15) is 13.2 Å². The van der Waals surface area contributed by atoms with E-state index in [1.54, 1.807) is 41.3 Å². The molecule has 29 heavy (non-hydrogen) atoms. The molecule has 0 aromatic heterocycles. The average Bonchev–Trinajstić information content (AvgIpc) is 2.77. The number of fused-ring (bicyclic) bond motifs is 2. The summed E-state index contributed by atoms with van der Waals surface area (Å²) in [6.45, 7) is 0.352. The third kappa shape index (κ3) is 3.19. The molecule has 1 fully saturated rings. The summed E-state index contributed by atoms with van der Waals surface area (Å²) >= 11 is 0. The van der Waals surface area contributed by atoms with E-state index in [0.29, 0.717) is 6.54 Å². The molecular formula is C22H23NO5S. The first-order valence-corrected chi connectivity index (χ1v) is 10.9. The molecule has 0 spiro atoms. The van der Waals surface area contributed by atoms with Crippen LogP contribution in [0.25, 0.3) is 0 Å². The van der Waals surface area contributed by atoms with E-state index in [2.05, 4.69) is 0 Å². The van der Waals surface area contributed by atoms with Crippen molar-refractivity contribution in [1.82, 2.24) is 4.90 Å². The molecular weight excluding hydrogens is 390 g/mol. The summed E-state index contributed by atoms with van der Waals surface area (Å²) in [5.74, 6) is -2.15. The fourth-order valence-corrected chi connectivity index (χ4v) is 5.89. The molecule has 0 saturated carbocycles. The minimum Gasteiger partial charge on any atom is -0.351 e. The van der Waals surface area contributed by atoms with Gasteiger partial charge in [-0.3, -0.25) is 4.79 Å². The van der Waals surface area contributed by atoms with Gasteiger partial charge in [0, 0.05) is 27.2 Å². The van der Waals surface area contributed by atoms with Crippen LogP contribution in [-0.2, 0) is 30.7 Å². The first kappa shape index (κ1) is 19.8. The third-order valence-corrected chi connectivity index (χ3v) is 7.71. The number of methoxy groups -OCH3 is 2. The summed E-state index contributed by atoms with van der Waals surface area (Å²) in [7, 11) is -0.741. The smallest absolute Gasteiger partial charge is 0.232 e. The first-order valence-electron chi connectivity index (χ1n) is 9.39. The van der Waals surface area contributed by atoms with Gasteiger partial charge in [-0.2, -0.15) is 0 Å². The summed E-state index contributed by atoms with van der Waals surface area (Å²) in [6, 6.07) is 17.1. The molecule has 2 atom stereocenters. The maximum absolute atomic E-state index is 13.3. The zero-order valence-electron chi connectivity index (χ0n) is 16.3. The molecule has 1 amide bonds. The second-order valence-electron chi connectivity index (χ2n) is 7.26. The van der Waals surface area contributed by atoms with E-state index in [-0.39, 0.29) is 22.1 Å². The Labute approximate surface area is 170 Å². The number of carbonyl (C=O) groups excluding carboxylic acids is 1. The van der Waals surface area contributed by atoms with Crippen LogP contribution in [0.4, 0.5) is 0 Å². The van der Waals surface area contributed by atoms with Crippen LogP contribution < -0.4 is 0 Å². The fraction of sp³-hybridized carbons (Fsp3) is 0.318. The van der Waals surface area contributed by atoms with Gasteiger partial charge in [0.1, 0.15) is 6.04 Å². The highest BCUT2D eigenvalue weighted by Crippen LogP contribution is 2.47. The number of nitrogens with zero attached hydrogens (tertiary/aromatic N) is 1. The number of ether oxygens (including phenoxy) is 2. The zero-order chi connectivity index (χ0) is 20.6. The van der Waals surface area contributed by atoms with E-state index in [1.165, 1.54) is 14.2 Å². The van der Waals surface area contributed by atoms with Crippen molar-refractivity contribution in [2.24, 2.45) is 5.92 Å². The quantitative estimate of drug-likeness (QED) is 0.681. The molecule has 6 nitrogen and oxygen atoms in total.